The number of nitrogens with zero attached hydrogens (tertiary/aromatic N) is 2. The average Bonchev–Trinajstić information content (AvgIpc) is 2.75. The summed E-state index contributed by atoms with van der Waals surface area (Å²) < 4.78 is 1.98. The molecule has 0 atom stereocenters. The van der Waals surface area contributed by atoms with Gasteiger partial charge in [-0.2, -0.15) is 5.10 Å². The molecule has 17 heavy (non-hydrogen) atoms. The molecule has 3 nitrogen and oxygen atoms in total. The molecule has 4 heteroatoms. The number of nitrogens with one attached hydrogen (secondary N) is 1. The van der Waals surface area contributed by atoms with Crippen LogP contribution in [-0.2, 0) is 13.1 Å². The Morgan fingerprint density at radius 3 is 2.88 bits per heavy atom. The van der Waals surface area contributed by atoms with Crippen LogP contribution in [0.3, 0.4) is 0 Å². The Kier molecular flexibility index (Phi) is 3.69. The molecule has 0 saturated heterocycles. The van der Waals surface area contributed by atoms with E-state index in [1.165, 1.54) is 5.69 Å². The highest BCUT2D eigenvalue weighted by atomic mass is 35.5. The van der Waals surface area contributed by atoms with Gasteiger partial charge in [-0.15, -0.1) is 0 Å². The standard InChI is InChI=1S/C13H16ClN3/c1-3-17-12(6-7-16-17)9-15-13-5-4-11(14)8-10(13)2/h4-8,15H,3,9H2,1-2H3. The van der Waals surface area contributed by atoms with Crippen molar-refractivity contribution < 1.29 is 0 Å². The molecule has 0 fully saturated rings. The first-order valence-corrected chi connectivity index (χ1v) is 6.09. The Balaban J connectivity index is 2.07. The third kappa shape index (κ3) is 2.80. The Hall–Kier alpha value is -1.48. The molecule has 1 aromatic carbocycles. The van der Waals surface area contributed by atoms with E-state index < -0.39 is 0 Å². The van der Waals surface area contributed by atoms with Gasteiger partial charge in [-0.25, -0.2) is 0 Å². The maximum absolute atomic E-state index is 5.92. The van der Waals surface area contributed by atoms with Gasteiger partial charge in [0.05, 0.1) is 12.2 Å². The van der Waals surface area contributed by atoms with E-state index in [0.717, 1.165) is 29.4 Å². The van der Waals surface area contributed by atoms with Gasteiger partial charge in [-0.1, -0.05) is 11.6 Å². The van der Waals surface area contributed by atoms with Crippen molar-refractivity contribution in [1.82, 2.24) is 9.78 Å². The van der Waals surface area contributed by atoms with E-state index in [-0.39, 0.29) is 0 Å². The maximum atomic E-state index is 5.92. The molecule has 0 aliphatic rings. The van der Waals surface area contributed by atoms with Crippen LogP contribution in [0.5, 0.6) is 0 Å². The lowest BCUT2D eigenvalue weighted by Crippen LogP contribution is -2.08. The minimum Gasteiger partial charge on any atom is -0.379 e. The van der Waals surface area contributed by atoms with E-state index >= 15 is 0 Å². The van der Waals surface area contributed by atoms with Crippen molar-refractivity contribution in [3.8, 4) is 0 Å². The summed E-state index contributed by atoms with van der Waals surface area (Å²) >= 11 is 5.92. The van der Waals surface area contributed by atoms with E-state index in [1.807, 2.05) is 42.1 Å². The summed E-state index contributed by atoms with van der Waals surface area (Å²) in [5.74, 6) is 0. The van der Waals surface area contributed by atoms with Crippen LogP contribution in [0.4, 0.5) is 5.69 Å². The first-order valence-electron chi connectivity index (χ1n) is 5.71. The third-order valence-corrected chi connectivity index (χ3v) is 2.99. The molecule has 0 amide bonds. The van der Waals surface area contributed by atoms with Crippen molar-refractivity contribution in [2.45, 2.75) is 26.9 Å². The van der Waals surface area contributed by atoms with Crippen molar-refractivity contribution in [3.63, 3.8) is 0 Å². The van der Waals surface area contributed by atoms with Gasteiger partial charge in [0, 0.05) is 23.5 Å². The Morgan fingerprint density at radius 2 is 2.18 bits per heavy atom. The van der Waals surface area contributed by atoms with E-state index in [2.05, 4.69) is 17.3 Å². The first kappa shape index (κ1) is 12.0. The van der Waals surface area contributed by atoms with Crippen LogP contribution in [0, 0.1) is 6.92 Å². The lowest BCUT2D eigenvalue weighted by molar-refractivity contribution is 0.627. The van der Waals surface area contributed by atoms with Crippen molar-refractivity contribution >= 4 is 17.3 Å². The van der Waals surface area contributed by atoms with Crippen LogP contribution in [0.2, 0.25) is 5.02 Å². The Labute approximate surface area is 106 Å². The molecule has 90 valence electrons. The fraction of sp³-hybridized carbons (Fsp3) is 0.308. The second kappa shape index (κ2) is 5.23. The largest absolute Gasteiger partial charge is 0.379 e. The third-order valence-electron chi connectivity index (χ3n) is 2.75. The smallest absolute Gasteiger partial charge is 0.0575 e. The van der Waals surface area contributed by atoms with E-state index in [4.69, 9.17) is 11.6 Å². The van der Waals surface area contributed by atoms with Crippen LogP contribution in [0.1, 0.15) is 18.2 Å². The molecule has 2 rings (SSSR count). The quantitative estimate of drug-likeness (QED) is 0.899. The highest BCUT2D eigenvalue weighted by Gasteiger charge is 2.02. The molecular formula is C13H16ClN3. The number of hydrogen-bond donors (Lipinski definition) is 1. The molecular weight excluding hydrogens is 234 g/mol. The minimum atomic E-state index is 0.770. The zero-order chi connectivity index (χ0) is 12.3. The fourth-order valence-electron chi connectivity index (χ4n) is 1.81. The van der Waals surface area contributed by atoms with Crippen molar-refractivity contribution in [3.05, 3.63) is 46.7 Å². The highest BCUT2D eigenvalue weighted by molar-refractivity contribution is 6.30. The Bertz CT molecular complexity index is 505. The molecule has 1 aromatic heterocycles. The van der Waals surface area contributed by atoms with Crippen LogP contribution in [0.15, 0.2) is 30.5 Å². The van der Waals surface area contributed by atoms with Gasteiger partial charge in [0.1, 0.15) is 0 Å². The van der Waals surface area contributed by atoms with Gasteiger partial charge in [-0.05, 0) is 43.7 Å². The monoisotopic (exact) mass is 249 g/mol. The molecule has 0 spiro atoms. The molecule has 0 aliphatic heterocycles. The highest BCUT2D eigenvalue weighted by Crippen LogP contribution is 2.20. The summed E-state index contributed by atoms with van der Waals surface area (Å²) in [5, 5.41) is 8.41. The molecule has 1 N–H and O–H groups in total. The topological polar surface area (TPSA) is 29.9 Å². The second-order valence-electron chi connectivity index (χ2n) is 3.95. The number of aromatic nitrogens is 2. The molecule has 0 unspecified atom stereocenters. The van der Waals surface area contributed by atoms with Gasteiger partial charge >= 0.3 is 0 Å². The number of rotatable bonds is 4. The average molecular weight is 250 g/mol. The van der Waals surface area contributed by atoms with Crippen molar-refractivity contribution in [1.29, 1.82) is 0 Å². The van der Waals surface area contributed by atoms with Crippen molar-refractivity contribution in [2.24, 2.45) is 0 Å². The summed E-state index contributed by atoms with van der Waals surface area (Å²) in [6.45, 7) is 5.80. The maximum Gasteiger partial charge on any atom is 0.0575 e. The first-order chi connectivity index (χ1) is 8.20. The summed E-state index contributed by atoms with van der Waals surface area (Å²) in [6, 6.07) is 7.89. The lowest BCUT2D eigenvalue weighted by atomic mass is 10.2. The van der Waals surface area contributed by atoms with Crippen LogP contribution in [0.25, 0.3) is 0 Å². The number of halogens is 1. The van der Waals surface area contributed by atoms with Gasteiger partial charge in [0.15, 0.2) is 0 Å². The molecule has 0 radical (unpaired) electrons. The van der Waals surface area contributed by atoms with E-state index in [0.29, 0.717) is 0 Å². The minimum absolute atomic E-state index is 0.770. The molecule has 1 heterocycles. The van der Waals surface area contributed by atoms with E-state index in [1.54, 1.807) is 0 Å². The second-order valence-corrected chi connectivity index (χ2v) is 4.39. The predicted octanol–water partition coefficient (Wildman–Crippen LogP) is 3.48. The van der Waals surface area contributed by atoms with Gasteiger partial charge in [0.2, 0.25) is 0 Å². The SMILES string of the molecule is CCn1nccc1CNc1ccc(Cl)cc1C. The predicted molar refractivity (Wildman–Crippen MR) is 71.4 cm³/mol. The summed E-state index contributed by atoms with van der Waals surface area (Å²) in [6.07, 6.45) is 1.83. The van der Waals surface area contributed by atoms with Crippen LogP contribution in [-0.4, -0.2) is 9.78 Å². The van der Waals surface area contributed by atoms with E-state index in [9.17, 15) is 0 Å². The zero-order valence-electron chi connectivity index (χ0n) is 10.1. The summed E-state index contributed by atoms with van der Waals surface area (Å²) in [5.41, 5.74) is 3.44. The molecule has 0 saturated carbocycles. The number of hydrogen-bond acceptors (Lipinski definition) is 2. The molecule has 0 bridgehead atoms. The van der Waals surface area contributed by atoms with Gasteiger partial charge in [-0.3, -0.25) is 4.68 Å². The van der Waals surface area contributed by atoms with Gasteiger partial charge < -0.3 is 5.32 Å². The zero-order valence-corrected chi connectivity index (χ0v) is 10.8. The number of anilines is 1. The molecule has 0 aliphatic carbocycles. The summed E-state index contributed by atoms with van der Waals surface area (Å²) in [7, 11) is 0. The summed E-state index contributed by atoms with van der Waals surface area (Å²) in [4.78, 5) is 0. The van der Waals surface area contributed by atoms with Crippen LogP contribution >= 0.6 is 11.6 Å². The fourth-order valence-corrected chi connectivity index (χ4v) is 2.03. The lowest BCUT2D eigenvalue weighted by Gasteiger charge is -2.10. The number of aryl methyl sites for hydroxylation is 2. The Morgan fingerprint density at radius 1 is 1.35 bits per heavy atom. The van der Waals surface area contributed by atoms with Gasteiger partial charge in [0.25, 0.3) is 0 Å². The van der Waals surface area contributed by atoms with Crippen LogP contribution < -0.4 is 5.32 Å². The normalized spacial score (nSPS) is 10.5. The molecule has 2 aromatic rings. The number of benzene rings is 1. The van der Waals surface area contributed by atoms with Crippen molar-refractivity contribution in [2.75, 3.05) is 5.32 Å².